The van der Waals surface area contributed by atoms with E-state index < -0.39 is 6.10 Å². The molecule has 1 aliphatic heterocycles. The molecule has 6 nitrogen and oxygen atoms in total. The lowest BCUT2D eigenvalue weighted by atomic mass is 10.0. The number of aliphatic hydroxyl groups excluding tert-OH is 2. The highest BCUT2D eigenvalue weighted by Crippen LogP contribution is 2.31. The third-order valence-electron chi connectivity index (χ3n) is 6.32. The van der Waals surface area contributed by atoms with Crippen molar-refractivity contribution in [3.05, 3.63) is 51.7 Å². The molecule has 2 aromatic rings. The molecule has 2 heterocycles. The number of hydrogen-bond acceptors (Lipinski definition) is 6. The molecule has 0 spiro atoms. The maximum absolute atomic E-state index is 12.6. The fourth-order valence-corrected chi connectivity index (χ4v) is 5.36. The van der Waals surface area contributed by atoms with Gasteiger partial charge in [0.25, 0.3) is 0 Å². The maximum atomic E-state index is 12.6. The van der Waals surface area contributed by atoms with Gasteiger partial charge >= 0.3 is 5.97 Å². The molecule has 7 heteroatoms. The predicted molar refractivity (Wildman–Crippen MR) is 135 cm³/mol. The summed E-state index contributed by atoms with van der Waals surface area (Å²) in [7, 11) is 0. The predicted octanol–water partition coefficient (Wildman–Crippen LogP) is 5.42. The van der Waals surface area contributed by atoms with Crippen LogP contribution in [0.25, 0.3) is 0 Å². The highest BCUT2D eigenvalue weighted by atomic mass is 32.1. The van der Waals surface area contributed by atoms with Crippen LogP contribution in [0.3, 0.4) is 0 Å². The molecule has 0 unspecified atom stereocenters. The maximum Gasteiger partial charge on any atom is 0.348 e. The Morgan fingerprint density at radius 1 is 1.15 bits per heavy atom. The van der Waals surface area contributed by atoms with Crippen LogP contribution in [0.5, 0.6) is 0 Å². The Balaban J connectivity index is 1.51. The minimum atomic E-state index is -0.451. The third-order valence-corrected chi connectivity index (χ3v) is 7.45. The van der Waals surface area contributed by atoms with E-state index in [0.717, 1.165) is 67.5 Å². The molecule has 3 rings (SSSR count). The van der Waals surface area contributed by atoms with Crippen LogP contribution < -0.4 is 4.90 Å². The van der Waals surface area contributed by atoms with Gasteiger partial charge in [-0.15, -0.1) is 11.3 Å². The van der Waals surface area contributed by atoms with Crippen molar-refractivity contribution in [1.29, 1.82) is 0 Å². The summed E-state index contributed by atoms with van der Waals surface area (Å²) in [6.07, 6.45) is 8.15. The molecule has 0 saturated carbocycles. The number of aliphatic hydroxyl groups is 2. The van der Waals surface area contributed by atoms with Gasteiger partial charge in [-0.2, -0.15) is 0 Å². The molecule has 34 heavy (non-hydrogen) atoms. The molecule has 1 aliphatic rings. The number of amides is 1. The second kappa shape index (κ2) is 13.6. The number of aryl methyl sites for hydroxylation is 1. The molecule has 0 aliphatic carbocycles. The molecule has 1 saturated heterocycles. The van der Waals surface area contributed by atoms with Gasteiger partial charge < -0.3 is 19.8 Å². The number of hydrogen-bond donors (Lipinski definition) is 2. The van der Waals surface area contributed by atoms with Crippen LogP contribution in [0.2, 0.25) is 0 Å². The number of unbranched alkanes of at least 4 members (excludes halogenated alkanes) is 2. The normalized spacial score (nSPS) is 16.7. The van der Waals surface area contributed by atoms with Gasteiger partial charge in [0.1, 0.15) is 4.88 Å². The number of benzene rings is 1. The number of rotatable bonds is 14. The van der Waals surface area contributed by atoms with E-state index in [2.05, 4.69) is 6.92 Å². The Morgan fingerprint density at radius 3 is 2.68 bits per heavy atom. The summed E-state index contributed by atoms with van der Waals surface area (Å²) in [6, 6.07) is 11.8. The van der Waals surface area contributed by atoms with Crippen molar-refractivity contribution in [2.24, 2.45) is 0 Å². The Kier molecular flexibility index (Phi) is 10.6. The summed E-state index contributed by atoms with van der Waals surface area (Å²) in [4.78, 5) is 28.3. The van der Waals surface area contributed by atoms with E-state index in [1.807, 2.05) is 35.2 Å². The Morgan fingerprint density at radius 2 is 1.94 bits per heavy atom. The zero-order valence-electron chi connectivity index (χ0n) is 20.1. The van der Waals surface area contributed by atoms with Gasteiger partial charge in [0.05, 0.1) is 12.7 Å². The van der Waals surface area contributed by atoms with Crippen LogP contribution in [0.4, 0.5) is 5.69 Å². The monoisotopic (exact) mass is 487 g/mol. The lowest BCUT2D eigenvalue weighted by Crippen LogP contribution is -2.32. The van der Waals surface area contributed by atoms with Crippen LogP contribution >= 0.6 is 11.3 Å². The van der Waals surface area contributed by atoms with Gasteiger partial charge in [-0.25, -0.2) is 4.79 Å². The van der Waals surface area contributed by atoms with Crippen LogP contribution in [-0.4, -0.2) is 41.3 Å². The molecule has 1 fully saturated rings. The van der Waals surface area contributed by atoms with E-state index in [4.69, 9.17) is 9.84 Å². The van der Waals surface area contributed by atoms with Crippen molar-refractivity contribution >= 4 is 28.9 Å². The fourth-order valence-electron chi connectivity index (χ4n) is 4.42. The molecular formula is C27H37NO5S. The Bertz CT molecular complexity index is 910. The first kappa shape index (κ1) is 26.4. The first-order chi connectivity index (χ1) is 16.5. The first-order valence-corrected chi connectivity index (χ1v) is 13.3. The quantitative estimate of drug-likeness (QED) is 0.274. The van der Waals surface area contributed by atoms with Crippen molar-refractivity contribution in [1.82, 2.24) is 0 Å². The SMILES string of the molecule is CCCCC[C@H](O)c1ccc(N2C(=O)CC[C@@H]2CCCc2ccc(C(=O)OCCCO)s2)cc1. The largest absolute Gasteiger partial charge is 0.461 e. The Hall–Kier alpha value is -2.22. The molecule has 1 amide bonds. The number of thiophene rings is 1. The standard InChI is InChI=1S/C27H37NO5S/c1-2-3-4-9-24(30)20-10-12-22(13-11-20)28-21(14-17-26(28)31)7-5-8-23-15-16-25(34-23)27(32)33-19-6-18-29/h10-13,15-16,21,24,29-30H,2-9,14,17-19H2,1H3/t21-,24-/m0/s1. The lowest BCUT2D eigenvalue weighted by Gasteiger charge is -2.25. The third kappa shape index (κ3) is 7.39. The van der Waals surface area contributed by atoms with Gasteiger partial charge in [-0.3, -0.25) is 4.79 Å². The molecule has 1 aromatic heterocycles. The topological polar surface area (TPSA) is 87.1 Å². The minimum absolute atomic E-state index is 0.00873. The van der Waals surface area contributed by atoms with Crippen LogP contribution in [0.1, 0.15) is 90.9 Å². The molecule has 1 aromatic carbocycles. The summed E-state index contributed by atoms with van der Waals surface area (Å²) < 4.78 is 5.14. The number of esters is 1. The van der Waals surface area contributed by atoms with Gasteiger partial charge in [0, 0.05) is 36.1 Å². The van der Waals surface area contributed by atoms with Crippen molar-refractivity contribution in [3.63, 3.8) is 0 Å². The van der Waals surface area contributed by atoms with E-state index in [-0.39, 0.29) is 31.1 Å². The van der Waals surface area contributed by atoms with Gasteiger partial charge in [0.2, 0.25) is 5.91 Å². The minimum Gasteiger partial charge on any atom is -0.461 e. The second-order valence-corrected chi connectivity index (χ2v) is 10.1. The number of ether oxygens (including phenoxy) is 1. The molecule has 0 radical (unpaired) electrons. The summed E-state index contributed by atoms with van der Waals surface area (Å²) in [6.45, 7) is 2.39. The van der Waals surface area contributed by atoms with E-state index in [9.17, 15) is 14.7 Å². The number of carbonyl (C=O) groups excluding carboxylic acids is 2. The van der Waals surface area contributed by atoms with E-state index in [1.54, 1.807) is 6.07 Å². The Labute approximate surface area is 206 Å². The number of anilines is 1. The second-order valence-electron chi connectivity index (χ2n) is 8.93. The van der Waals surface area contributed by atoms with Crippen molar-refractivity contribution in [2.45, 2.75) is 83.3 Å². The molecule has 2 N–H and O–H groups in total. The van der Waals surface area contributed by atoms with Crippen LogP contribution in [0.15, 0.2) is 36.4 Å². The summed E-state index contributed by atoms with van der Waals surface area (Å²) in [5.74, 6) is -0.179. The van der Waals surface area contributed by atoms with E-state index >= 15 is 0 Å². The summed E-state index contributed by atoms with van der Waals surface area (Å²) in [5, 5.41) is 19.2. The number of nitrogens with zero attached hydrogens (tertiary/aromatic N) is 1. The van der Waals surface area contributed by atoms with Crippen LogP contribution in [-0.2, 0) is 16.0 Å². The first-order valence-electron chi connectivity index (χ1n) is 12.5. The number of carbonyl (C=O) groups is 2. The van der Waals surface area contributed by atoms with Crippen molar-refractivity contribution in [2.75, 3.05) is 18.1 Å². The highest BCUT2D eigenvalue weighted by molar-refractivity contribution is 7.13. The molecule has 186 valence electrons. The smallest absolute Gasteiger partial charge is 0.348 e. The summed E-state index contributed by atoms with van der Waals surface area (Å²) >= 11 is 1.45. The van der Waals surface area contributed by atoms with Crippen molar-refractivity contribution in [3.8, 4) is 0 Å². The zero-order valence-corrected chi connectivity index (χ0v) is 20.9. The van der Waals surface area contributed by atoms with Gasteiger partial charge in [-0.1, -0.05) is 38.3 Å². The van der Waals surface area contributed by atoms with Crippen molar-refractivity contribution < 1.29 is 24.5 Å². The fraction of sp³-hybridized carbons (Fsp3) is 0.556. The van der Waals surface area contributed by atoms with Gasteiger partial charge in [0.15, 0.2) is 0 Å². The molecule has 2 atom stereocenters. The van der Waals surface area contributed by atoms with E-state index in [1.165, 1.54) is 11.3 Å². The average Bonchev–Trinajstić information content (AvgIpc) is 3.46. The lowest BCUT2D eigenvalue weighted by molar-refractivity contribution is -0.117. The molecular weight excluding hydrogens is 450 g/mol. The molecule has 0 bridgehead atoms. The van der Waals surface area contributed by atoms with Crippen LogP contribution in [0, 0.1) is 0 Å². The zero-order chi connectivity index (χ0) is 24.3. The van der Waals surface area contributed by atoms with Gasteiger partial charge in [-0.05, 0) is 61.9 Å². The van der Waals surface area contributed by atoms with E-state index in [0.29, 0.717) is 17.7 Å². The average molecular weight is 488 g/mol. The highest BCUT2D eigenvalue weighted by Gasteiger charge is 2.31. The summed E-state index contributed by atoms with van der Waals surface area (Å²) in [5.41, 5.74) is 1.81.